The standard InChI is InChI=1S/C22H22.Zr/c1-15-10-11-17(12-15)16(2)13-18-7-5-9-21-20-8-4-3-6-19(20)14-22(18)21;/h3-12,16-17H,13-14H2,1-2H3;. The van der Waals surface area contributed by atoms with E-state index in [2.05, 4.69) is 74.5 Å². The van der Waals surface area contributed by atoms with E-state index in [1.807, 2.05) is 0 Å². The van der Waals surface area contributed by atoms with Gasteiger partial charge in [0.25, 0.3) is 0 Å². The first-order chi connectivity index (χ1) is 10.7. The molecule has 0 saturated heterocycles. The molecule has 0 aliphatic heterocycles. The Labute approximate surface area is 158 Å². The maximum atomic E-state index is 2.41. The Hall–Kier alpha value is -1.20. The molecule has 0 fully saturated rings. The fraction of sp³-hybridized carbons (Fsp3) is 0.273. The first kappa shape index (κ1) is 16.7. The Bertz CT molecular complexity index is 782. The zero-order chi connectivity index (χ0) is 15.1. The third-order valence-electron chi connectivity index (χ3n) is 5.18. The Morgan fingerprint density at radius 3 is 2.61 bits per heavy atom. The van der Waals surface area contributed by atoms with E-state index in [0.29, 0.717) is 11.8 Å². The molecule has 0 saturated carbocycles. The molecule has 0 amide bonds. The molecular formula is C22H22Zr. The maximum Gasteiger partial charge on any atom is 0 e. The molecular weight excluding hydrogens is 355 g/mol. The summed E-state index contributed by atoms with van der Waals surface area (Å²) in [5, 5.41) is 0. The van der Waals surface area contributed by atoms with Gasteiger partial charge in [-0.3, -0.25) is 0 Å². The molecule has 2 atom stereocenters. The van der Waals surface area contributed by atoms with Crippen LogP contribution in [0.25, 0.3) is 11.1 Å². The molecule has 2 aliphatic rings. The van der Waals surface area contributed by atoms with Crippen LogP contribution in [-0.4, -0.2) is 0 Å². The van der Waals surface area contributed by atoms with E-state index in [0.717, 1.165) is 12.8 Å². The number of hydrogen-bond acceptors (Lipinski definition) is 0. The Balaban J connectivity index is 0.00000156. The zero-order valence-corrected chi connectivity index (χ0v) is 16.3. The second kappa shape index (κ2) is 6.74. The van der Waals surface area contributed by atoms with Crippen molar-refractivity contribution >= 4 is 0 Å². The molecule has 0 nitrogen and oxygen atoms in total. The summed E-state index contributed by atoms with van der Waals surface area (Å²) in [6, 6.07) is 15.7. The topological polar surface area (TPSA) is 0 Å². The molecule has 23 heavy (non-hydrogen) atoms. The number of rotatable bonds is 3. The summed E-state index contributed by atoms with van der Waals surface area (Å²) >= 11 is 0. The predicted octanol–water partition coefficient (Wildman–Crippen LogP) is 5.57. The van der Waals surface area contributed by atoms with E-state index >= 15 is 0 Å². The first-order valence-electron chi connectivity index (χ1n) is 8.28. The molecule has 1 heteroatoms. The van der Waals surface area contributed by atoms with E-state index in [4.69, 9.17) is 0 Å². The van der Waals surface area contributed by atoms with Crippen molar-refractivity contribution in [3.8, 4) is 11.1 Å². The largest absolute Gasteiger partial charge is 0.0771 e. The fourth-order valence-corrected chi connectivity index (χ4v) is 3.93. The van der Waals surface area contributed by atoms with Gasteiger partial charge in [0.15, 0.2) is 0 Å². The minimum atomic E-state index is 0. The van der Waals surface area contributed by atoms with Gasteiger partial charge in [-0.05, 0) is 59.4 Å². The average molecular weight is 378 g/mol. The second-order valence-electron chi connectivity index (χ2n) is 6.81. The molecule has 0 heterocycles. The van der Waals surface area contributed by atoms with Gasteiger partial charge >= 0.3 is 0 Å². The van der Waals surface area contributed by atoms with Gasteiger partial charge in [-0.1, -0.05) is 73.2 Å². The van der Waals surface area contributed by atoms with Crippen LogP contribution in [0.15, 0.2) is 66.3 Å². The molecule has 0 bridgehead atoms. The van der Waals surface area contributed by atoms with Gasteiger partial charge in [0.1, 0.15) is 0 Å². The summed E-state index contributed by atoms with van der Waals surface area (Å²) in [4.78, 5) is 0. The van der Waals surface area contributed by atoms with Crippen LogP contribution in [-0.2, 0) is 39.0 Å². The number of fused-ring (bicyclic) bond motifs is 3. The van der Waals surface area contributed by atoms with Gasteiger partial charge in [0.05, 0.1) is 0 Å². The van der Waals surface area contributed by atoms with Crippen LogP contribution in [0, 0.1) is 11.8 Å². The van der Waals surface area contributed by atoms with Gasteiger partial charge in [-0.25, -0.2) is 0 Å². The predicted molar refractivity (Wildman–Crippen MR) is 93.9 cm³/mol. The Kier molecular flexibility index (Phi) is 4.88. The number of hydrogen-bond donors (Lipinski definition) is 0. The summed E-state index contributed by atoms with van der Waals surface area (Å²) in [6.45, 7) is 4.58. The van der Waals surface area contributed by atoms with Gasteiger partial charge < -0.3 is 0 Å². The van der Waals surface area contributed by atoms with Crippen molar-refractivity contribution in [2.45, 2.75) is 26.7 Å². The van der Waals surface area contributed by atoms with Crippen LogP contribution in [0.5, 0.6) is 0 Å². The van der Waals surface area contributed by atoms with Gasteiger partial charge in [0.2, 0.25) is 0 Å². The molecule has 2 aromatic carbocycles. The van der Waals surface area contributed by atoms with Gasteiger partial charge in [-0.2, -0.15) is 0 Å². The summed E-state index contributed by atoms with van der Waals surface area (Å²) in [6.07, 6.45) is 9.28. The Morgan fingerprint density at radius 1 is 1.04 bits per heavy atom. The molecule has 2 unspecified atom stereocenters. The summed E-state index contributed by atoms with van der Waals surface area (Å²) in [5.74, 6) is 1.25. The molecule has 2 aliphatic carbocycles. The van der Waals surface area contributed by atoms with Gasteiger partial charge in [-0.15, -0.1) is 0 Å². The van der Waals surface area contributed by atoms with Crippen molar-refractivity contribution in [2.75, 3.05) is 0 Å². The van der Waals surface area contributed by atoms with E-state index in [1.165, 1.54) is 27.8 Å². The Morgan fingerprint density at radius 2 is 1.83 bits per heavy atom. The summed E-state index contributed by atoms with van der Waals surface area (Å²) in [5.41, 5.74) is 8.86. The monoisotopic (exact) mass is 376 g/mol. The van der Waals surface area contributed by atoms with Crippen molar-refractivity contribution in [2.24, 2.45) is 11.8 Å². The average Bonchev–Trinajstić information content (AvgIpc) is 3.12. The van der Waals surface area contributed by atoms with Crippen LogP contribution in [0.4, 0.5) is 0 Å². The van der Waals surface area contributed by atoms with E-state index < -0.39 is 0 Å². The molecule has 0 radical (unpaired) electrons. The number of benzene rings is 2. The second-order valence-corrected chi connectivity index (χ2v) is 6.81. The van der Waals surface area contributed by atoms with Crippen LogP contribution in [0.3, 0.4) is 0 Å². The summed E-state index contributed by atoms with van der Waals surface area (Å²) in [7, 11) is 0. The quantitative estimate of drug-likeness (QED) is 0.560. The van der Waals surface area contributed by atoms with Crippen LogP contribution >= 0.6 is 0 Å². The van der Waals surface area contributed by atoms with E-state index in [-0.39, 0.29) is 26.2 Å². The third-order valence-corrected chi connectivity index (χ3v) is 5.18. The fourth-order valence-electron chi connectivity index (χ4n) is 3.93. The van der Waals surface area contributed by atoms with Crippen molar-refractivity contribution in [3.05, 3.63) is 83.0 Å². The van der Waals surface area contributed by atoms with Crippen LogP contribution in [0.2, 0.25) is 0 Å². The van der Waals surface area contributed by atoms with Gasteiger partial charge in [0, 0.05) is 26.2 Å². The third kappa shape index (κ3) is 3.09. The molecule has 0 N–H and O–H groups in total. The minimum absolute atomic E-state index is 0. The van der Waals surface area contributed by atoms with Crippen molar-refractivity contribution in [3.63, 3.8) is 0 Å². The number of allylic oxidation sites excluding steroid dienone is 4. The normalized spacial score (nSPS) is 18.9. The molecule has 2 aromatic rings. The van der Waals surface area contributed by atoms with Crippen LogP contribution < -0.4 is 0 Å². The SMILES string of the molecule is CC1=CC(C(C)Cc2cccc3c2Cc2ccccc2-3)C=C1.[Zr]. The van der Waals surface area contributed by atoms with Crippen LogP contribution in [0.1, 0.15) is 30.5 Å². The van der Waals surface area contributed by atoms with Crippen molar-refractivity contribution < 1.29 is 26.2 Å². The van der Waals surface area contributed by atoms with Crippen molar-refractivity contribution in [1.29, 1.82) is 0 Å². The molecule has 114 valence electrons. The molecule has 0 spiro atoms. The first-order valence-corrected chi connectivity index (χ1v) is 8.28. The zero-order valence-electron chi connectivity index (χ0n) is 13.8. The van der Waals surface area contributed by atoms with Crippen molar-refractivity contribution in [1.82, 2.24) is 0 Å². The van der Waals surface area contributed by atoms with E-state index in [1.54, 1.807) is 5.56 Å². The molecule has 0 aromatic heterocycles. The maximum absolute atomic E-state index is 2.41. The summed E-state index contributed by atoms with van der Waals surface area (Å²) < 4.78 is 0. The van der Waals surface area contributed by atoms with E-state index in [9.17, 15) is 0 Å². The minimum Gasteiger partial charge on any atom is -0.0771 e. The molecule has 4 rings (SSSR count). The smallest absolute Gasteiger partial charge is 0 e.